The highest BCUT2D eigenvalue weighted by Crippen LogP contribution is 2.16. The number of nitrogens with one attached hydrogen (secondary N) is 1. The number of nitrogens with two attached hydrogens (primary N) is 1. The molecule has 0 spiro atoms. The number of aryl methyl sites for hydroxylation is 3. The molecule has 0 unspecified atom stereocenters. The lowest BCUT2D eigenvalue weighted by Gasteiger charge is -2.11. The second-order valence-corrected chi connectivity index (χ2v) is 4.52. The van der Waals surface area contributed by atoms with Crippen LogP contribution in [0.5, 0.6) is 0 Å². The first-order chi connectivity index (χ1) is 7.65. The lowest BCUT2D eigenvalue weighted by atomic mass is 9.97. The Hall–Kier alpha value is -0.860. The number of hydrogen-bond donors (Lipinski definition) is 2. The summed E-state index contributed by atoms with van der Waals surface area (Å²) in [5.41, 5.74) is 11.1. The molecule has 1 rings (SSSR count). The molecule has 0 heterocycles. The van der Waals surface area contributed by atoms with Crippen molar-refractivity contribution in [3.05, 3.63) is 34.4 Å². The summed E-state index contributed by atoms with van der Waals surface area (Å²) < 4.78 is 0. The van der Waals surface area contributed by atoms with Gasteiger partial charge in [-0.15, -0.1) is 0 Å². The van der Waals surface area contributed by atoms with Crippen molar-refractivity contribution in [3.8, 4) is 0 Å². The van der Waals surface area contributed by atoms with Crippen LogP contribution in [0.4, 0.5) is 0 Å². The van der Waals surface area contributed by atoms with Crippen LogP contribution < -0.4 is 11.1 Å². The van der Waals surface area contributed by atoms with E-state index in [1.807, 2.05) is 0 Å². The average molecular weight is 220 g/mol. The Labute approximate surface area is 99.2 Å². The number of benzene rings is 1. The fraction of sp³-hybridized carbons (Fsp3) is 0.571. The minimum Gasteiger partial charge on any atom is -0.330 e. The molecule has 0 amide bonds. The third-order valence-electron chi connectivity index (χ3n) is 2.95. The largest absolute Gasteiger partial charge is 0.330 e. The van der Waals surface area contributed by atoms with Gasteiger partial charge in [0.1, 0.15) is 0 Å². The normalized spacial score (nSPS) is 10.8. The number of hydrogen-bond acceptors (Lipinski definition) is 2. The van der Waals surface area contributed by atoms with Gasteiger partial charge in [0, 0.05) is 0 Å². The molecule has 0 fully saturated rings. The molecule has 90 valence electrons. The second-order valence-electron chi connectivity index (χ2n) is 4.52. The second kappa shape index (κ2) is 6.66. The highest BCUT2D eigenvalue weighted by Gasteiger charge is 2.02. The Morgan fingerprint density at radius 3 is 2.25 bits per heavy atom. The summed E-state index contributed by atoms with van der Waals surface area (Å²) in [5.74, 6) is 0. The Bertz CT molecular complexity index is 309. The fourth-order valence-corrected chi connectivity index (χ4v) is 2.17. The maximum atomic E-state index is 5.45. The topological polar surface area (TPSA) is 38.0 Å². The molecule has 0 bridgehead atoms. The highest BCUT2D eigenvalue weighted by molar-refractivity contribution is 5.37. The van der Waals surface area contributed by atoms with Crippen LogP contribution in [-0.2, 0) is 6.42 Å². The maximum absolute atomic E-state index is 5.45. The van der Waals surface area contributed by atoms with E-state index in [-0.39, 0.29) is 0 Å². The van der Waals surface area contributed by atoms with Crippen molar-refractivity contribution in [2.24, 2.45) is 5.73 Å². The summed E-state index contributed by atoms with van der Waals surface area (Å²) in [7, 11) is 0. The summed E-state index contributed by atoms with van der Waals surface area (Å²) in [6.07, 6.45) is 2.17. The van der Waals surface area contributed by atoms with Gasteiger partial charge in [-0.25, -0.2) is 0 Å². The SMILES string of the molecule is Cc1cc(C)c(CCNCCCN)c(C)c1. The van der Waals surface area contributed by atoms with Crippen LogP contribution in [0.25, 0.3) is 0 Å². The first-order valence-electron chi connectivity index (χ1n) is 6.12. The molecule has 2 nitrogen and oxygen atoms in total. The molecule has 0 aromatic heterocycles. The third kappa shape index (κ3) is 3.95. The molecular weight excluding hydrogens is 196 g/mol. The minimum atomic E-state index is 0.773. The van der Waals surface area contributed by atoms with Crippen LogP contribution in [0.2, 0.25) is 0 Å². The van der Waals surface area contributed by atoms with Crippen molar-refractivity contribution in [2.45, 2.75) is 33.6 Å². The predicted octanol–water partition coefficient (Wildman–Crippen LogP) is 2.09. The monoisotopic (exact) mass is 220 g/mol. The van der Waals surface area contributed by atoms with E-state index in [0.29, 0.717) is 0 Å². The summed E-state index contributed by atoms with van der Waals surface area (Å²) in [6, 6.07) is 4.53. The van der Waals surface area contributed by atoms with Gasteiger partial charge >= 0.3 is 0 Å². The van der Waals surface area contributed by atoms with Gasteiger partial charge in [-0.05, 0) is 69.9 Å². The van der Waals surface area contributed by atoms with E-state index in [1.54, 1.807) is 0 Å². The van der Waals surface area contributed by atoms with Crippen molar-refractivity contribution in [1.82, 2.24) is 5.32 Å². The molecule has 16 heavy (non-hydrogen) atoms. The van der Waals surface area contributed by atoms with E-state index in [0.717, 1.165) is 32.5 Å². The molecule has 0 aliphatic heterocycles. The van der Waals surface area contributed by atoms with Crippen LogP contribution in [0.3, 0.4) is 0 Å². The lowest BCUT2D eigenvalue weighted by molar-refractivity contribution is 0.651. The van der Waals surface area contributed by atoms with E-state index < -0.39 is 0 Å². The Kier molecular flexibility index (Phi) is 5.50. The Morgan fingerprint density at radius 2 is 1.69 bits per heavy atom. The van der Waals surface area contributed by atoms with Crippen LogP contribution in [0.1, 0.15) is 28.7 Å². The molecule has 2 heteroatoms. The molecule has 0 saturated heterocycles. The zero-order valence-electron chi connectivity index (χ0n) is 10.8. The van der Waals surface area contributed by atoms with E-state index in [2.05, 4.69) is 38.2 Å². The summed E-state index contributed by atoms with van der Waals surface area (Å²) in [5, 5.41) is 3.42. The third-order valence-corrected chi connectivity index (χ3v) is 2.95. The molecule has 0 aliphatic rings. The van der Waals surface area contributed by atoms with E-state index in [4.69, 9.17) is 5.73 Å². The van der Waals surface area contributed by atoms with E-state index in [9.17, 15) is 0 Å². The Morgan fingerprint density at radius 1 is 1.06 bits per heavy atom. The molecule has 1 aromatic rings. The molecule has 0 radical (unpaired) electrons. The van der Waals surface area contributed by atoms with Crippen molar-refractivity contribution < 1.29 is 0 Å². The molecule has 0 saturated carbocycles. The van der Waals surface area contributed by atoms with E-state index in [1.165, 1.54) is 22.3 Å². The zero-order chi connectivity index (χ0) is 12.0. The quantitative estimate of drug-likeness (QED) is 0.720. The van der Waals surface area contributed by atoms with Gasteiger partial charge in [0.25, 0.3) is 0 Å². The van der Waals surface area contributed by atoms with Gasteiger partial charge in [-0.2, -0.15) is 0 Å². The van der Waals surface area contributed by atoms with Crippen LogP contribution in [0.15, 0.2) is 12.1 Å². The van der Waals surface area contributed by atoms with Gasteiger partial charge in [-0.1, -0.05) is 17.7 Å². The van der Waals surface area contributed by atoms with Crippen LogP contribution >= 0.6 is 0 Å². The van der Waals surface area contributed by atoms with Crippen molar-refractivity contribution in [2.75, 3.05) is 19.6 Å². The zero-order valence-corrected chi connectivity index (χ0v) is 10.8. The lowest BCUT2D eigenvalue weighted by Crippen LogP contribution is -2.21. The smallest absolute Gasteiger partial charge is 0.000814 e. The molecular formula is C14H24N2. The van der Waals surface area contributed by atoms with Crippen LogP contribution in [0, 0.1) is 20.8 Å². The number of rotatable bonds is 6. The fourth-order valence-electron chi connectivity index (χ4n) is 2.17. The van der Waals surface area contributed by atoms with Gasteiger partial charge in [0.15, 0.2) is 0 Å². The van der Waals surface area contributed by atoms with E-state index >= 15 is 0 Å². The van der Waals surface area contributed by atoms with Gasteiger partial charge in [0.05, 0.1) is 0 Å². The van der Waals surface area contributed by atoms with Crippen molar-refractivity contribution >= 4 is 0 Å². The molecule has 3 N–H and O–H groups in total. The Balaban J connectivity index is 2.47. The highest BCUT2D eigenvalue weighted by atomic mass is 14.8. The summed E-state index contributed by atoms with van der Waals surface area (Å²) in [4.78, 5) is 0. The average Bonchev–Trinajstić information content (AvgIpc) is 2.20. The standard InChI is InChI=1S/C14H24N2/c1-11-9-12(2)14(13(3)10-11)5-8-16-7-4-6-15/h9-10,16H,4-8,15H2,1-3H3. The van der Waals surface area contributed by atoms with Gasteiger partial charge < -0.3 is 11.1 Å². The first-order valence-corrected chi connectivity index (χ1v) is 6.12. The van der Waals surface area contributed by atoms with Gasteiger partial charge in [-0.3, -0.25) is 0 Å². The molecule has 1 aromatic carbocycles. The summed E-state index contributed by atoms with van der Waals surface area (Å²) >= 11 is 0. The van der Waals surface area contributed by atoms with Gasteiger partial charge in [0.2, 0.25) is 0 Å². The van der Waals surface area contributed by atoms with Crippen LogP contribution in [-0.4, -0.2) is 19.6 Å². The minimum absolute atomic E-state index is 0.773. The molecule has 0 aliphatic carbocycles. The predicted molar refractivity (Wildman–Crippen MR) is 70.9 cm³/mol. The maximum Gasteiger partial charge on any atom is -0.000814 e. The first kappa shape index (κ1) is 13.2. The molecule has 0 atom stereocenters. The van der Waals surface area contributed by atoms with Crippen molar-refractivity contribution in [1.29, 1.82) is 0 Å². The summed E-state index contributed by atoms with van der Waals surface area (Å²) in [6.45, 7) is 9.41. The van der Waals surface area contributed by atoms with Crippen molar-refractivity contribution in [3.63, 3.8) is 0 Å².